The summed E-state index contributed by atoms with van der Waals surface area (Å²) in [5, 5.41) is 8.18. The molecule has 0 aromatic heterocycles. The van der Waals surface area contributed by atoms with E-state index >= 15 is 0 Å². The van der Waals surface area contributed by atoms with Crippen LogP contribution in [0.2, 0.25) is 0 Å². The zero-order valence-electron chi connectivity index (χ0n) is 13.3. The number of nitrogens with one attached hydrogen (secondary N) is 1. The minimum Gasteiger partial charge on any atom is -0.347 e. The largest absolute Gasteiger partial charge is 0.347 e. The third-order valence-electron chi connectivity index (χ3n) is 4.16. The van der Waals surface area contributed by atoms with Gasteiger partial charge in [0.15, 0.2) is 0 Å². The maximum Gasteiger partial charge on any atom is 0.251 e. The van der Waals surface area contributed by atoms with Crippen LogP contribution < -0.4 is 10.5 Å². The predicted molar refractivity (Wildman–Crippen MR) is 83.7 cm³/mol. The van der Waals surface area contributed by atoms with E-state index in [-0.39, 0.29) is 16.3 Å². The quantitative estimate of drug-likeness (QED) is 0.874. The fourth-order valence-corrected chi connectivity index (χ4v) is 2.91. The van der Waals surface area contributed by atoms with Crippen molar-refractivity contribution in [2.24, 2.45) is 5.14 Å². The molecule has 3 N–H and O–H groups in total. The Kier molecular flexibility index (Phi) is 5.17. The molecule has 1 aromatic carbocycles. The molecule has 21 heavy (non-hydrogen) atoms. The average Bonchev–Trinajstić information content (AvgIpc) is 2.40. The van der Waals surface area contributed by atoms with Gasteiger partial charge in [-0.15, -0.1) is 0 Å². The van der Waals surface area contributed by atoms with Gasteiger partial charge in [0.05, 0.1) is 4.90 Å². The number of rotatable bonds is 5. The molecule has 1 amide bonds. The molecule has 1 rings (SSSR count). The predicted octanol–water partition coefficient (Wildman–Crippen LogP) is 2.26. The Bertz CT molecular complexity index is 647. The minimum absolute atomic E-state index is 0.00218. The summed E-state index contributed by atoms with van der Waals surface area (Å²) >= 11 is 0. The summed E-state index contributed by atoms with van der Waals surface area (Å²) in [6.45, 7) is 9.41. The molecule has 0 aliphatic heterocycles. The molecule has 0 aliphatic rings. The first-order valence-electron chi connectivity index (χ1n) is 7.00. The van der Waals surface area contributed by atoms with Crippen molar-refractivity contribution in [3.05, 3.63) is 28.8 Å². The molecule has 0 fully saturated rings. The molecule has 0 spiro atoms. The van der Waals surface area contributed by atoms with E-state index in [1.165, 1.54) is 6.07 Å². The van der Waals surface area contributed by atoms with Crippen LogP contribution in [0.1, 0.15) is 55.1 Å². The van der Waals surface area contributed by atoms with E-state index in [1.807, 2.05) is 20.8 Å². The van der Waals surface area contributed by atoms with Crippen LogP contribution in [0.15, 0.2) is 17.0 Å². The molecule has 1 aromatic rings. The van der Waals surface area contributed by atoms with Crippen molar-refractivity contribution in [1.29, 1.82) is 0 Å². The van der Waals surface area contributed by atoms with Gasteiger partial charge in [0.2, 0.25) is 10.0 Å². The van der Waals surface area contributed by atoms with Crippen molar-refractivity contribution in [1.82, 2.24) is 5.32 Å². The van der Waals surface area contributed by atoms with Crippen molar-refractivity contribution in [2.75, 3.05) is 0 Å². The Labute approximate surface area is 127 Å². The summed E-state index contributed by atoms with van der Waals surface area (Å²) in [4.78, 5) is 12.4. The zero-order chi connectivity index (χ0) is 16.4. The maximum atomic E-state index is 12.4. The standard InChI is InChI=1S/C15H24N2O3S/c1-6-15(5,7-2)17-14(18)12-8-10(3)11(4)13(9-12)21(16,19)20/h8-9H,6-7H2,1-5H3,(H,17,18)(H2,16,19,20). The molecular weight excluding hydrogens is 288 g/mol. The molecule has 6 heteroatoms. The fourth-order valence-electron chi connectivity index (χ4n) is 2.03. The number of carbonyl (C=O) groups is 1. The van der Waals surface area contributed by atoms with E-state index < -0.39 is 10.0 Å². The van der Waals surface area contributed by atoms with Crippen LogP contribution in [0.4, 0.5) is 0 Å². The van der Waals surface area contributed by atoms with Crippen molar-refractivity contribution in [2.45, 2.75) is 57.9 Å². The molecule has 0 heterocycles. The van der Waals surface area contributed by atoms with Crippen LogP contribution in [0.5, 0.6) is 0 Å². The van der Waals surface area contributed by atoms with Crippen LogP contribution in [-0.4, -0.2) is 19.9 Å². The highest BCUT2D eigenvalue weighted by molar-refractivity contribution is 7.89. The molecule has 0 saturated carbocycles. The lowest BCUT2D eigenvalue weighted by Gasteiger charge is -2.28. The summed E-state index contributed by atoms with van der Waals surface area (Å²) in [5.74, 6) is -0.283. The Morgan fingerprint density at radius 2 is 1.76 bits per heavy atom. The second-order valence-electron chi connectivity index (χ2n) is 5.68. The maximum absolute atomic E-state index is 12.4. The lowest BCUT2D eigenvalue weighted by Crippen LogP contribution is -2.45. The van der Waals surface area contributed by atoms with E-state index in [4.69, 9.17) is 5.14 Å². The van der Waals surface area contributed by atoms with Crippen LogP contribution in [0.25, 0.3) is 0 Å². The molecule has 0 saturated heterocycles. The van der Waals surface area contributed by atoms with E-state index in [1.54, 1.807) is 19.9 Å². The van der Waals surface area contributed by atoms with Gasteiger partial charge >= 0.3 is 0 Å². The number of amides is 1. The molecule has 5 nitrogen and oxygen atoms in total. The van der Waals surface area contributed by atoms with Gasteiger partial charge in [0.1, 0.15) is 0 Å². The molecule has 0 radical (unpaired) electrons. The fraction of sp³-hybridized carbons (Fsp3) is 0.533. The van der Waals surface area contributed by atoms with Crippen molar-refractivity contribution in [3.8, 4) is 0 Å². The summed E-state index contributed by atoms with van der Waals surface area (Å²) in [5.41, 5.74) is 1.30. The lowest BCUT2D eigenvalue weighted by molar-refractivity contribution is 0.0900. The Morgan fingerprint density at radius 3 is 2.19 bits per heavy atom. The highest BCUT2D eigenvalue weighted by Gasteiger charge is 2.24. The van der Waals surface area contributed by atoms with Crippen molar-refractivity contribution < 1.29 is 13.2 Å². The highest BCUT2D eigenvalue weighted by Crippen LogP contribution is 2.21. The van der Waals surface area contributed by atoms with Crippen LogP contribution in [-0.2, 0) is 10.0 Å². The van der Waals surface area contributed by atoms with Gasteiger partial charge in [-0.05, 0) is 56.9 Å². The van der Waals surface area contributed by atoms with Crippen LogP contribution in [0.3, 0.4) is 0 Å². The molecular formula is C15H24N2O3S. The number of benzene rings is 1. The van der Waals surface area contributed by atoms with Gasteiger partial charge in [-0.1, -0.05) is 13.8 Å². The highest BCUT2D eigenvalue weighted by atomic mass is 32.2. The topological polar surface area (TPSA) is 89.3 Å². The van der Waals surface area contributed by atoms with E-state index in [0.29, 0.717) is 11.1 Å². The number of hydrogen-bond donors (Lipinski definition) is 2. The van der Waals surface area contributed by atoms with Crippen molar-refractivity contribution in [3.63, 3.8) is 0 Å². The minimum atomic E-state index is -3.85. The number of nitrogens with two attached hydrogens (primary N) is 1. The molecule has 118 valence electrons. The van der Waals surface area contributed by atoms with Gasteiger partial charge in [0.25, 0.3) is 5.91 Å². The molecule has 0 unspecified atom stereocenters. The second-order valence-corrected chi connectivity index (χ2v) is 7.21. The first-order chi connectivity index (χ1) is 9.54. The Balaban J connectivity index is 3.27. The van der Waals surface area contributed by atoms with Gasteiger partial charge in [-0.2, -0.15) is 0 Å². The van der Waals surface area contributed by atoms with Gasteiger partial charge in [-0.25, -0.2) is 13.6 Å². The third kappa shape index (κ3) is 4.04. The van der Waals surface area contributed by atoms with Gasteiger partial charge < -0.3 is 5.32 Å². The average molecular weight is 312 g/mol. The van der Waals surface area contributed by atoms with Crippen LogP contribution >= 0.6 is 0 Å². The second kappa shape index (κ2) is 6.15. The van der Waals surface area contributed by atoms with Crippen LogP contribution in [0, 0.1) is 13.8 Å². The Morgan fingerprint density at radius 1 is 1.24 bits per heavy atom. The third-order valence-corrected chi connectivity index (χ3v) is 5.20. The molecule has 0 bridgehead atoms. The first kappa shape index (κ1) is 17.7. The summed E-state index contributed by atoms with van der Waals surface area (Å²) < 4.78 is 23.2. The van der Waals surface area contributed by atoms with E-state index in [2.05, 4.69) is 5.32 Å². The zero-order valence-corrected chi connectivity index (χ0v) is 14.1. The monoisotopic (exact) mass is 312 g/mol. The summed E-state index contributed by atoms with van der Waals surface area (Å²) in [7, 11) is -3.85. The smallest absolute Gasteiger partial charge is 0.251 e. The normalized spacial score (nSPS) is 12.3. The van der Waals surface area contributed by atoms with Crippen molar-refractivity contribution >= 4 is 15.9 Å². The number of primary sulfonamides is 1. The number of hydrogen-bond acceptors (Lipinski definition) is 3. The SMILES string of the molecule is CCC(C)(CC)NC(=O)c1cc(C)c(C)c(S(N)(=O)=O)c1. The molecule has 0 atom stereocenters. The summed E-state index contributed by atoms with van der Waals surface area (Å²) in [6, 6.07) is 3.03. The number of sulfonamides is 1. The Hall–Kier alpha value is -1.40. The first-order valence-corrected chi connectivity index (χ1v) is 8.55. The lowest BCUT2D eigenvalue weighted by atomic mass is 9.94. The number of aryl methyl sites for hydroxylation is 1. The van der Waals surface area contributed by atoms with Gasteiger partial charge in [-0.3, -0.25) is 4.79 Å². The van der Waals surface area contributed by atoms with E-state index in [9.17, 15) is 13.2 Å². The summed E-state index contributed by atoms with van der Waals surface area (Å²) in [6.07, 6.45) is 1.59. The van der Waals surface area contributed by atoms with E-state index in [0.717, 1.165) is 18.4 Å². The number of carbonyl (C=O) groups excluding carboxylic acids is 1. The molecule has 0 aliphatic carbocycles. The van der Waals surface area contributed by atoms with Gasteiger partial charge in [0, 0.05) is 11.1 Å².